The Morgan fingerprint density at radius 3 is 2.54 bits per heavy atom. The number of benzene rings is 2. The van der Waals surface area contributed by atoms with Gasteiger partial charge < -0.3 is 19.9 Å². The standard InChI is InChI=1S/C27H24N6O2/c1-17-13-19(9-11-29-17)18-5-4-6-20(14-18)31-27-32-23-15-21(7-8-25(23)33(27)3)35-22-10-12-30-24(16-22)26(34)28-2/h4-16H,1-3H3,(H,28,34)(H,31,32). The Balaban J connectivity index is 1.40. The largest absolute Gasteiger partial charge is 0.457 e. The molecule has 5 aromatic rings. The third kappa shape index (κ3) is 4.67. The number of rotatable bonds is 6. The van der Waals surface area contributed by atoms with Gasteiger partial charge in [0.25, 0.3) is 5.91 Å². The minimum Gasteiger partial charge on any atom is -0.457 e. The highest BCUT2D eigenvalue weighted by Crippen LogP contribution is 2.29. The van der Waals surface area contributed by atoms with Crippen molar-refractivity contribution in [2.75, 3.05) is 12.4 Å². The van der Waals surface area contributed by atoms with Gasteiger partial charge in [-0.1, -0.05) is 12.1 Å². The number of nitrogens with one attached hydrogen (secondary N) is 2. The summed E-state index contributed by atoms with van der Waals surface area (Å²) in [5.74, 6) is 1.59. The molecule has 0 saturated heterocycles. The molecule has 0 saturated carbocycles. The van der Waals surface area contributed by atoms with E-state index in [9.17, 15) is 4.79 Å². The third-order valence-corrected chi connectivity index (χ3v) is 5.63. The molecule has 0 aliphatic carbocycles. The van der Waals surface area contributed by atoms with Crippen molar-refractivity contribution in [2.24, 2.45) is 7.05 Å². The number of pyridine rings is 2. The number of amides is 1. The first kappa shape index (κ1) is 22.1. The Hall–Kier alpha value is -4.72. The normalized spacial score (nSPS) is 10.8. The third-order valence-electron chi connectivity index (χ3n) is 5.63. The summed E-state index contributed by atoms with van der Waals surface area (Å²) in [6.45, 7) is 1.98. The summed E-state index contributed by atoms with van der Waals surface area (Å²) in [4.78, 5) is 25.0. The molecule has 0 fully saturated rings. The zero-order chi connectivity index (χ0) is 24.4. The first-order valence-electron chi connectivity index (χ1n) is 11.1. The van der Waals surface area contributed by atoms with Gasteiger partial charge >= 0.3 is 0 Å². The minimum absolute atomic E-state index is 0.269. The van der Waals surface area contributed by atoms with E-state index in [2.05, 4.69) is 38.8 Å². The van der Waals surface area contributed by atoms with Crippen molar-refractivity contribution >= 4 is 28.6 Å². The van der Waals surface area contributed by atoms with Crippen molar-refractivity contribution in [1.29, 1.82) is 0 Å². The number of carbonyl (C=O) groups is 1. The summed E-state index contributed by atoms with van der Waals surface area (Å²) in [6, 6.07) is 21.3. The molecule has 0 spiro atoms. The van der Waals surface area contributed by atoms with Crippen LogP contribution in [0.3, 0.4) is 0 Å². The maximum atomic E-state index is 11.8. The number of ether oxygens (including phenoxy) is 1. The number of hydrogen-bond acceptors (Lipinski definition) is 6. The Labute approximate surface area is 202 Å². The molecule has 2 aromatic carbocycles. The van der Waals surface area contributed by atoms with Crippen molar-refractivity contribution in [3.8, 4) is 22.6 Å². The average molecular weight is 465 g/mol. The molecule has 3 aromatic heterocycles. The van der Waals surface area contributed by atoms with E-state index in [1.54, 1.807) is 25.4 Å². The fourth-order valence-corrected chi connectivity index (χ4v) is 3.85. The van der Waals surface area contributed by atoms with E-state index in [4.69, 9.17) is 9.72 Å². The highest BCUT2D eigenvalue weighted by Gasteiger charge is 2.11. The van der Waals surface area contributed by atoms with Crippen LogP contribution >= 0.6 is 0 Å². The van der Waals surface area contributed by atoms with Gasteiger partial charge in [-0.3, -0.25) is 14.8 Å². The van der Waals surface area contributed by atoms with E-state index in [-0.39, 0.29) is 5.91 Å². The lowest BCUT2D eigenvalue weighted by Gasteiger charge is -2.09. The van der Waals surface area contributed by atoms with Crippen molar-refractivity contribution < 1.29 is 9.53 Å². The number of hydrogen-bond donors (Lipinski definition) is 2. The Morgan fingerprint density at radius 1 is 0.914 bits per heavy atom. The maximum absolute atomic E-state index is 11.8. The van der Waals surface area contributed by atoms with Crippen LogP contribution in [-0.2, 0) is 7.05 Å². The average Bonchev–Trinajstić information content (AvgIpc) is 3.18. The molecule has 8 heteroatoms. The predicted octanol–water partition coefficient (Wildman–Crippen LogP) is 5.23. The van der Waals surface area contributed by atoms with Gasteiger partial charge in [-0.2, -0.15) is 0 Å². The second-order valence-corrected chi connectivity index (χ2v) is 8.09. The highest BCUT2D eigenvalue weighted by atomic mass is 16.5. The topological polar surface area (TPSA) is 94.0 Å². The fourth-order valence-electron chi connectivity index (χ4n) is 3.85. The smallest absolute Gasteiger partial charge is 0.269 e. The molecule has 0 aliphatic rings. The van der Waals surface area contributed by atoms with E-state index >= 15 is 0 Å². The molecule has 5 rings (SSSR count). The summed E-state index contributed by atoms with van der Waals surface area (Å²) >= 11 is 0. The van der Waals surface area contributed by atoms with Crippen LogP contribution < -0.4 is 15.4 Å². The van der Waals surface area contributed by atoms with Crippen LogP contribution in [0, 0.1) is 6.92 Å². The van der Waals surface area contributed by atoms with Crippen LogP contribution in [0.4, 0.5) is 11.6 Å². The molecule has 2 N–H and O–H groups in total. The number of carbonyl (C=O) groups excluding carboxylic acids is 1. The quantitative estimate of drug-likeness (QED) is 0.357. The van der Waals surface area contributed by atoms with Crippen LogP contribution in [0.25, 0.3) is 22.2 Å². The van der Waals surface area contributed by atoms with E-state index in [1.165, 1.54) is 0 Å². The number of aromatic nitrogens is 4. The van der Waals surface area contributed by atoms with Gasteiger partial charge in [0.15, 0.2) is 0 Å². The molecule has 174 valence electrons. The molecular weight excluding hydrogens is 440 g/mol. The van der Waals surface area contributed by atoms with Crippen molar-refractivity contribution in [3.05, 3.63) is 90.5 Å². The lowest BCUT2D eigenvalue weighted by atomic mass is 10.1. The van der Waals surface area contributed by atoms with Crippen molar-refractivity contribution in [3.63, 3.8) is 0 Å². The summed E-state index contributed by atoms with van der Waals surface area (Å²) < 4.78 is 7.97. The van der Waals surface area contributed by atoms with Gasteiger partial charge in [0.05, 0.1) is 11.0 Å². The lowest BCUT2D eigenvalue weighted by Crippen LogP contribution is -2.18. The van der Waals surface area contributed by atoms with Crippen LogP contribution in [0.2, 0.25) is 0 Å². The molecule has 1 amide bonds. The second kappa shape index (κ2) is 9.26. The summed E-state index contributed by atoms with van der Waals surface area (Å²) in [5.41, 5.74) is 6.17. The molecular formula is C27H24N6O2. The molecule has 35 heavy (non-hydrogen) atoms. The molecule has 3 heterocycles. The van der Waals surface area contributed by atoms with Crippen molar-refractivity contribution in [1.82, 2.24) is 24.8 Å². The van der Waals surface area contributed by atoms with Crippen LogP contribution in [-0.4, -0.2) is 32.5 Å². The number of aryl methyl sites for hydroxylation is 2. The van der Waals surface area contributed by atoms with Gasteiger partial charge in [0.2, 0.25) is 5.95 Å². The van der Waals surface area contributed by atoms with E-state index in [0.717, 1.165) is 33.5 Å². The molecule has 0 bridgehead atoms. The van der Waals surface area contributed by atoms with E-state index in [1.807, 2.05) is 61.1 Å². The Bertz CT molecular complexity index is 1540. The fraction of sp³-hybridized carbons (Fsp3) is 0.111. The highest BCUT2D eigenvalue weighted by molar-refractivity contribution is 5.92. The van der Waals surface area contributed by atoms with Crippen molar-refractivity contribution in [2.45, 2.75) is 6.92 Å². The number of anilines is 2. The maximum Gasteiger partial charge on any atom is 0.269 e. The van der Waals surface area contributed by atoms with Gasteiger partial charge in [-0.25, -0.2) is 4.98 Å². The van der Waals surface area contributed by atoms with Crippen LogP contribution in [0.5, 0.6) is 11.5 Å². The molecule has 0 radical (unpaired) electrons. The molecule has 0 unspecified atom stereocenters. The molecule has 0 atom stereocenters. The SMILES string of the molecule is CNC(=O)c1cc(Oc2ccc3c(c2)nc(Nc2cccc(-c4ccnc(C)c4)c2)n3C)ccn1. The number of imidazole rings is 1. The molecule has 0 aliphatic heterocycles. The van der Waals surface area contributed by atoms with E-state index < -0.39 is 0 Å². The summed E-state index contributed by atoms with van der Waals surface area (Å²) in [6.07, 6.45) is 3.36. The Kier molecular flexibility index (Phi) is 5.85. The number of nitrogens with zero attached hydrogens (tertiary/aromatic N) is 4. The zero-order valence-corrected chi connectivity index (χ0v) is 19.6. The molecule has 8 nitrogen and oxygen atoms in total. The summed E-state index contributed by atoms with van der Waals surface area (Å²) in [5, 5.41) is 5.99. The van der Waals surface area contributed by atoms with Crippen LogP contribution in [0.15, 0.2) is 79.1 Å². The lowest BCUT2D eigenvalue weighted by molar-refractivity contribution is 0.0958. The Morgan fingerprint density at radius 2 is 1.71 bits per heavy atom. The predicted molar refractivity (Wildman–Crippen MR) is 136 cm³/mol. The van der Waals surface area contributed by atoms with Crippen LogP contribution in [0.1, 0.15) is 16.2 Å². The van der Waals surface area contributed by atoms with Gasteiger partial charge in [0.1, 0.15) is 17.2 Å². The monoisotopic (exact) mass is 464 g/mol. The number of fused-ring (bicyclic) bond motifs is 1. The first-order valence-corrected chi connectivity index (χ1v) is 11.1. The second-order valence-electron chi connectivity index (χ2n) is 8.09. The zero-order valence-electron chi connectivity index (χ0n) is 19.6. The first-order chi connectivity index (χ1) is 17.0. The van der Waals surface area contributed by atoms with Gasteiger partial charge in [0, 0.05) is 50.0 Å². The van der Waals surface area contributed by atoms with E-state index in [0.29, 0.717) is 23.1 Å². The van der Waals surface area contributed by atoms with Gasteiger partial charge in [-0.15, -0.1) is 0 Å². The summed E-state index contributed by atoms with van der Waals surface area (Å²) in [7, 11) is 3.53. The minimum atomic E-state index is -0.269. The van der Waals surface area contributed by atoms with Gasteiger partial charge in [-0.05, 0) is 60.5 Å².